The van der Waals surface area contributed by atoms with E-state index in [1.54, 1.807) is 6.20 Å². The first kappa shape index (κ1) is 18.7. The highest BCUT2D eigenvalue weighted by Gasteiger charge is 2.13. The van der Waals surface area contributed by atoms with E-state index in [-0.39, 0.29) is 11.3 Å². The molecule has 4 aromatic rings. The van der Waals surface area contributed by atoms with Crippen molar-refractivity contribution in [1.29, 1.82) is 0 Å². The van der Waals surface area contributed by atoms with Gasteiger partial charge in [-0.2, -0.15) is 4.98 Å². The lowest BCUT2D eigenvalue weighted by molar-refractivity contribution is 0.402. The topological polar surface area (TPSA) is 44.1 Å². The lowest BCUT2D eigenvalue weighted by atomic mass is 10.0. The molecule has 29 heavy (non-hydrogen) atoms. The number of benzene rings is 3. The highest BCUT2D eigenvalue weighted by Crippen LogP contribution is 2.26. The summed E-state index contributed by atoms with van der Waals surface area (Å²) in [6.45, 7) is 2.68. The maximum atomic E-state index is 12.4. The molecule has 0 N–H and O–H groups in total. The lowest BCUT2D eigenvalue weighted by Gasteiger charge is -2.16. The van der Waals surface area contributed by atoms with Crippen LogP contribution in [0.2, 0.25) is 0 Å². The predicted octanol–water partition coefficient (Wildman–Crippen LogP) is 4.94. The molecular formula is C25H22N2O2. The van der Waals surface area contributed by atoms with Crippen LogP contribution in [0.25, 0.3) is 22.5 Å². The molecule has 1 heterocycles. The molecule has 0 aliphatic rings. The Hall–Kier alpha value is -3.66. The summed E-state index contributed by atoms with van der Waals surface area (Å²) in [5.41, 5.74) is 5.08. The third-order valence-electron chi connectivity index (χ3n) is 5.01. The number of hydrogen-bond donors (Lipinski definition) is 0. The fourth-order valence-corrected chi connectivity index (χ4v) is 3.40. The van der Waals surface area contributed by atoms with Crippen LogP contribution in [0.5, 0.6) is 5.75 Å². The van der Waals surface area contributed by atoms with Gasteiger partial charge in [-0.25, -0.2) is 0 Å². The van der Waals surface area contributed by atoms with E-state index >= 15 is 0 Å². The quantitative estimate of drug-likeness (QED) is 0.491. The molecule has 0 aliphatic carbocycles. The van der Waals surface area contributed by atoms with Crippen molar-refractivity contribution in [2.45, 2.75) is 13.5 Å². The van der Waals surface area contributed by atoms with E-state index in [1.807, 2.05) is 47.0 Å². The molecule has 0 bridgehead atoms. The standard InChI is InChI=1S/C25H22N2O2/c1-18-9-6-7-12-22(18)16-27-17-23(29-2)25(28)26-24(27)21-14-8-13-20(15-21)19-10-4-3-5-11-19/h3-15,17H,16H2,1-2H3. The van der Waals surface area contributed by atoms with Crippen LogP contribution in [0.3, 0.4) is 0 Å². The highest BCUT2D eigenvalue weighted by atomic mass is 16.5. The molecule has 4 nitrogen and oxygen atoms in total. The van der Waals surface area contributed by atoms with Crippen molar-refractivity contribution < 1.29 is 4.74 Å². The molecule has 0 fully saturated rings. The Balaban J connectivity index is 1.84. The van der Waals surface area contributed by atoms with Gasteiger partial charge in [-0.3, -0.25) is 4.79 Å². The van der Waals surface area contributed by atoms with Crippen LogP contribution in [0.15, 0.2) is 89.9 Å². The van der Waals surface area contributed by atoms with Crippen molar-refractivity contribution in [2.75, 3.05) is 7.11 Å². The summed E-state index contributed by atoms with van der Waals surface area (Å²) in [5, 5.41) is 0. The van der Waals surface area contributed by atoms with Gasteiger partial charge in [0, 0.05) is 12.1 Å². The van der Waals surface area contributed by atoms with Crippen LogP contribution in [0, 0.1) is 6.92 Å². The average molecular weight is 382 g/mol. The molecule has 4 rings (SSSR count). The number of hydrogen-bond acceptors (Lipinski definition) is 3. The summed E-state index contributed by atoms with van der Waals surface area (Å²) in [5.74, 6) is 0.860. The molecule has 0 aliphatic heterocycles. The van der Waals surface area contributed by atoms with Crippen LogP contribution in [0.1, 0.15) is 11.1 Å². The molecule has 0 saturated heterocycles. The lowest BCUT2D eigenvalue weighted by Crippen LogP contribution is -2.17. The largest absolute Gasteiger partial charge is 0.490 e. The summed E-state index contributed by atoms with van der Waals surface area (Å²) >= 11 is 0. The number of aromatic nitrogens is 2. The highest BCUT2D eigenvalue weighted by molar-refractivity contribution is 5.70. The van der Waals surface area contributed by atoms with E-state index in [0.29, 0.717) is 12.4 Å². The summed E-state index contributed by atoms with van der Waals surface area (Å²) in [4.78, 5) is 16.8. The smallest absolute Gasteiger partial charge is 0.315 e. The molecule has 0 spiro atoms. The summed E-state index contributed by atoms with van der Waals surface area (Å²) in [6, 6.07) is 26.5. The normalized spacial score (nSPS) is 10.7. The van der Waals surface area contributed by atoms with Gasteiger partial charge in [-0.15, -0.1) is 0 Å². The summed E-state index contributed by atoms with van der Waals surface area (Å²) in [7, 11) is 1.49. The Morgan fingerprint density at radius 2 is 1.55 bits per heavy atom. The van der Waals surface area contributed by atoms with Gasteiger partial charge < -0.3 is 9.30 Å². The van der Waals surface area contributed by atoms with Crippen molar-refractivity contribution >= 4 is 0 Å². The molecular weight excluding hydrogens is 360 g/mol. The van der Waals surface area contributed by atoms with Gasteiger partial charge in [0.2, 0.25) is 5.75 Å². The zero-order valence-electron chi connectivity index (χ0n) is 16.5. The maximum absolute atomic E-state index is 12.4. The fraction of sp³-hybridized carbons (Fsp3) is 0.120. The zero-order valence-corrected chi connectivity index (χ0v) is 16.5. The molecule has 0 saturated carbocycles. The van der Waals surface area contributed by atoms with Gasteiger partial charge in [0.25, 0.3) is 0 Å². The van der Waals surface area contributed by atoms with E-state index in [4.69, 9.17) is 4.74 Å². The van der Waals surface area contributed by atoms with Crippen molar-refractivity contribution in [3.63, 3.8) is 0 Å². The zero-order chi connectivity index (χ0) is 20.2. The minimum absolute atomic E-state index is 0.238. The van der Waals surface area contributed by atoms with Crippen molar-refractivity contribution in [2.24, 2.45) is 0 Å². The van der Waals surface area contributed by atoms with Gasteiger partial charge in [0.05, 0.1) is 13.3 Å². The Labute approximate surface area is 170 Å². The molecule has 0 atom stereocenters. The van der Waals surface area contributed by atoms with E-state index in [9.17, 15) is 4.79 Å². The first-order valence-electron chi connectivity index (χ1n) is 9.51. The Morgan fingerprint density at radius 3 is 2.31 bits per heavy atom. The number of rotatable bonds is 5. The monoisotopic (exact) mass is 382 g/mol. The van der Waals surface area contributed by atoms with Crippen LogP contribution in [0.4, 0.5) is 0 Å². The van der Waals surface area contributed by atoms with E-state index in [1.165, 1.54) is 18.2 Å². The molecule has 3 aromatic carbocycles. The van der Waals surface area contributed by atoms with Gasteiger partial charge >= 0.3 is 5.56 Å². The first-order chi connectivity index (χ1) is 14.2. The second-order valence-electron chi connectivity index (χ2n) is 6.94. The number of ether oxygens (including phenoxy) is 1. The summed E-state index contributed by atoms with van der Waals surface area (Å²) in [6.07, 6.45) is 1.74. The van der Waals surface area contributed by atoms with Crippen LogP contribution < -0.4 is 10.3 Å². The average Bonchev–Trinajstić information content (AvgIpc) is 2.77. The number of nitrogens with zero attached hydrogens (tertiary/aromatic N) is 2. The van der Waals surface area contributed by atoms with Crippen LogP contribution >= 0.6 is 0 Å². The molecule has 1 aromatic heterocycles. The third kappa shape index (κ3) is 3.97. The minimum atomic E-state index is -0.367. The third-order valence-corrected chi connectivity index (χ3v) is 5.01. The van der Waals surface area contributed by atoms with Crippen molar-refractivity contribution in [3.05, 3.63) is 107 Å². The maximum Gasteiger partial charge on any atom is 0.315 e. The van der Waals surface area contributed by atoms with Crippen LogP contribution in [-0.4, -0.2) is 16.7 Å². The van der Waals surface area contributed by atoms with Crippen LogP contribution in [-0.2, 0) is 6.54 Å². The molecule has 0 radical (unpaired) electrons. The van der Waals surface area contributed by atoms with Gasteiger partial charge in [0.15, 0.2) is 0 Å². The SMILES string of the molecule is COc1cn(Cc2ccccc2C)c(-c2cccc(-c3ccccc3)c2)nc1=O. The molecule has 0 amide bonds. The Kier molecular flexibility index (Phi) is 5.25. The van der Waals surface area contributed by atoms with Crippen molar-refractivity contribution in [1.82, 2.24) is 9.55 Å². The molecule has 0 unspecified atom stereocenters. The molecule has 4 heteroatoms. The Bertz CT molecular complexity index is 1200. The van der Waals surface area contributed by atoms with Gasteiger partial charge in [0.1, 0.15) is 5.82 Å². The fourth-order valence-electron chi connectivity index (χ4n) is 3.40. The van der Waals surface area contributed by atoms with E-state index in [2.05, 4.69) is 48.3 Å². The minimum Gasteiger partial charge on any atom is -0.490 e. The Morgan fingerprint density at radius 1 is 0.862 bits per heavy atom. The van der Waals surface area contributed by atoms with E-state index in [0.717, 1.165) is 16.7 Å². The first-order valence-corrected chi connectivity index (χ1v) is 9.51. The van der Waals surface area contributed by atoms with Gasteiger partial charge in [-0.05, 0) is 35.2 Å². The van der Waals surface area contributed by atoms with Gasteiger partial charge in [-0.1, -0.05) is 72.8 Å². The second kappa shape index (κ2) is 8.15. The van der Waals surface area contributed by atoms with Crippen molar-refractivity contribution in [3.8, 4) is 28.3 Å². The number of aryl methyl sites for hydroxylation is 1. The molecule has 144 valence electrons. The van der Waals surface area contributed by atoms with E-state index < -0.39 is 0 Å². The summed E-state index contributed by atoms with van der Waals surface area (Å²) < 4.78 is 7.22. The predicted molar refractivity (Wildman–Crippen MR) is 116 cm³/mol. The number of methoxy groups -OCH3 is 1. The second-order valence-corrected chi connectivity index (χ2v) is 6.94.